The van der Waals surface area contributed by atoms with Crippen molar-refractivity contribution in [3.05, 3.63) is 41.2 Å². The number of aromatic amines is 1. The number of nitrogens with zero attached hydrogens (tertiary/aromatic N) is 4. The minimum atomic E-state index is -4.49. The number of likely N-dealkylation sites (tertiary alicyclic amines) is 1. The molecular formula is C16H16F3N5O. The lowest BCUT2D eigenvalue weighted by Crippen LogP contribution is -2.39. The third-order valence-electron chi connectivity index (χ3n) is 4.32. The first-order chi connectivity index (χ1) is 11.8. The Hall–Kier alpha value is -2.76. The molecular weight excluding hydrogens is 335 g/mol. The Balaban J connectivity index is 1.78. The van der Waals surface area contributed by atoms with E-state index in [-0.39, 0.29) is 11.8 Å². The van der Waals surface area contributed by atoms with Gasteiger partial charge in [0.05, 0.1) is 5.56 Å². The summed E-state index contributed by atoms with van der Waals surface area (Å²) in [4.78, 5) is 20.6. The number of hydrogen-bond donors (Lipinski definition) is 1. The Morgan fingerprint density at radius 1 is 1.48 bits per heavy atom. The number of imidazole rings is 1. The highest BCUT2D eigenvalue weighted by atomic mass is 19.4. The summed E-state index contributed by atoms with van der Waals surface area (Å²) in [6.07, 6.45) is -0.724. The van der Waals surface area contributed by atoms with Gasteiger partial charge in [-0.05, 0) is 18.9 Å². The Kier molecular flexibility index (Phi) is 4.29. The lowest BCUT2D eigenvalue weighted by Gasteiger charge is -2.32. The molecule has 0 radical (unpaired) electrons. The standard InChI is InChI=1S/C16H16F3N5O/c1-23-9-13(16(17,18)19)22-14(23)11-3-2-4-24(8-11)15(25)12-5-10(6-20)7-21-12/h5,7,9,11,21H,2-4,8H2,1H3. The van der Waals surface area contributed by atoms with E-state index >= 15 is 0 Å². The lowest BCUT2D eigenvalue weighted by molar-refractivity contribution is -0.141. The summed E-state index contributed by atoms with van der Waals surface area (Å²) in [6, 6.07) is 3.41. The van der Waals surface area contributed by atoms with Crippen LogP contribution in [0.1, 0.15) is 46.3 Å². The summed E-state index contributed by atoms with van der Waals surface area (Å²) in [5.41, 5.74) is -0.264. The quantitative estimate of drug-likeness (QED) is 0.904. The zero-order chi connectivity index (χ0) is 18.2. The van der Waals surface area contributed by atoms with Gasteiger partial charge < -0.3 is 14.5 Å². The van der Waals surface area contributed by atoms with E-state index in [1.165, 1.54) is 23.9 Å². The first kappa shape index (κ1) is 17.1. The fourth-order valence-electron chi connectivity index (χ4n) is 3.12. The van der Waals surface area contributed by atoms with Crippen molar-refractivity contribution in [3.63, 3.8) is 0 Å². The van der Waals surface area contributed by atoms with Crippen molar-refractivity contribution in [2.75, 3.05) is 13.1 Å². The molecule has 2 aromatic rings. The third-order valence-corrected chi connectivity index (χ3v) is 4.32. The maximum absolute atomic E-state index is 12.8. The Morgan fingerprint density at radius 2 is 2.24 bits per heavy atom. The number of piperidine rings is 1. The van der Waals surface area contributed by atoms with Gasteiger partial charge in [-0.2, -0.15) is 18.4 Å². The normalized spacial score (nSPS) is 18.2. The lowest BCUT2D eigenvalue weighted by atomic mass is 9.97. The van der Waals surface area contributed by atoms with Crippen LogP contribution in [0.15, 0.2) is 18.5 Å². The number of amides is 1. The van der Waals surface area contributed by atoms with Crippen LogP contribution in [0.2, 0.25) is 0 Å². The molecule has 0 aromatic carbocycles. The van der Waals surface area contributed by atoms with Crippen molar-refractivity contribution in [3.8, 4) is 6.07 Å². The highest BCUT2D eigenvalue weighted by Gasteiger charge is 2.36. The number of nitrogens with one attached hydrogen (secondary N) is 1. The number of rotatable bonds is 2. The Morgan fingerprint density at radius 3 is 2.84 bits per heavy atom. The first-order valence-electron chi connectivity index (χ1n) is 7.78. The molecule has 0 aliphatic carbocycles. The van der Waals surface area contributed by atoms with E-state index in [0.29, 0.717) is 43.0 Å². The minimum absolute atomic E-state index is 0.260. The third kappa shape index (κ3) is 3.38. The van der Waals surface area contributed by atoms with E-state index in [1.54, 1.807) is 4.90 Å². The first-order valence-corrected chi connectivity index (χ1v) is 7.78. The number of halogens is 3. The molecule has 1 unspecified atom stereocenters. The average molecular weight is 351 g/mol. The maximum atomic E-state index is 12.8. The molecule has 0 saturated carbocycles. The predicted octanol–water partition coefficient (Wildman–Crippen LogP) is 2.66. The van der Waals surface area contributed by atoms with Crippen molar-refractivity contribution in [2.45, 2.75) is 24.9 Å². The van der Waals surface area contributed by atoms with Crippen LogP contribution in [0.3, 0.4) is 0 Å². The molecule has 1 amide bonds. The summed E-state index contributed by atoms with van der Waals surface area (Å²) >= 11 is 0. The van der Waals surface area contributed by atoms with Gasteiger partial charge >= 0.3 is 6.18 Å². The Labute approximate surface area is 141 Å². The van der Waals surface area contributed by atoms with E-state index in [1.807, 2.05) is 6.07 Å². The van der Waals surface area contributed by atoms with Gasteiger partial charge in [-0.25, -0.2) is 4.98 Å². The fraction of sp³-hybridized carbons (Fsp3) is 0.438. The predicted molar refractivity (Wildman–Crippen MR) is 81.6 cm³/mol. The molecule has 132 valence electrons. The van der Waals surface area contributed by atoms with Crippen LogP contribution in [0.25, 0.3) is 0 Å². The molecule has 3 heterocycles. The molecule has 6 nitrogen and oxygen atoms in total. The minimum Gasteiger partial charge on any atom is -0.356 e. The number of H-pyrrole nitrogens is 1. The average Bonchev–Trinajstić information content (AvgIpc) is 3.20. The molecule has 0 spiro atoms. The maximum Gasteiger partial charge on any atom is 0.434 e. The summed E-state index contributed by atoms with van der Waals surface area (Å²) in [7, 11) is 1.53. The van der Waals surface area contributed by atoms with E-state index in [0.717, 1.165) is 6.20 Å². The summed E-state index contributed by atoms with van der Waals surface area (Å²) in [5, 5.41) is 8.83. The zero-order valence-corrected chi connectivity index (χ0v) is 13.5. The highest BCUT2D eigenvalue weighted by Crippen LogP contribution is 2.32. The number of alkyl halides is 3. The number of aryl methyl sites for hydroxylation is 1. The molecule has 2 aromatic heterocycles. The van der Waals surface area contributed by atoms with Crippen LogP contribution >= 0.6 is 0 Å². The summed E-state index contributed by atoms with van der Waals surface area (Å²) in [5.74, 6) is -0.199. The van der Waals surface area contributed by atoms with Gasteiger partial charge in [0.1, 0.15) is 17.6 Å². The second-order valence-electron chi connectivity index (χ2n) is 6.10. The number of carbonyl (C=O) groups excluding carboxylic acids is 1. The van der Waals surface area contributed by atoms with Crippen molar-refractivity contribution < 1.29 is 18.0 Å². The summed E-state index contributed by atoms with van der Waals surface area (Å²) in [6.45, 7) is 0.814. The molecule has 1 saturated heterocycles. The SMILES string of the molecule is Cn1cc(C(F)(F)F)nc1C1CCCN(C(=O)c2cc(C#N)c[nH]2)C1. The van der Waals surface area contributed by atoms with Gasteiger partial charge in [-0.3, -0.25) is 4.79 Å². The Bertz CT molecular complexity index is 830. The second-order valence-corrected chi connectivity index (χ2v) is 6.10. The number of aromatic nitrogens is 3. The van der Waals surface area contributed by atoms with Gasteiger partial charge in [0.2, 0.25) is 0 Å². The van der Waals surface area contributed by atoms with Crippen molar-refractivity contribution >= 4 is 5.91 Å². The molecule has 1 N–H and O–H groups in total. The molecule has 0 bridgehead atoms. The molecule has 1 fully saturated rings. The molecule has 1 aliphatic heterocycles. The molecule has 3 rings (SSSR count). The van der Waals surface area contributed by atoms with E-state index < -0.39 is 11.9 Å². The van der Waals surface area contributed by atoms with Crippen LogP contribution in [0.5, 0.6) is 0 Å². The molecule has 9 heteroatoms. The molecule has 1 aliphatic rings. The number of hydrogen-bond acceptors (Lipinski definition) is 3. The van der Waals surface area contributed by atoms with Gasteiger partial charge in [-0.1, -0.05) is 0 Å². The second kappa shape index (κ2) is 6.27. The van der Waals surface area contributed by atoms with Crippen molar-refractivity contribution in [1.82, 2.24) is 19.4 Å². The monoisotopic (exact) mass is 351 g/mol. The molecule has 25 heavy (non-hydrogen) atoms. The fourth-order valence-corrected chi connectivity index (χ4v) is 3.12. The highest BCUT2D eigenvalue weighted by molar-refractivity contribution is 5.93. The molecule has 1 atom stereocenters. The van der Waals surface area contributed by atoms with Gasteiger partial charge in [0, 0.05) is 38.4 Å². The zero-order valence-electron chi connectivity index (χ0n) is 13.5. The number of carbonyl (C=O) groups is 1. The van der Waals surface area contributed by atoms with Gasteiger partial charge in [0.25, 0.3) is 5.91 Å². The van der Waals surface area contributed by atoms with Crippen LogP contribution in [-0.2, 0) is 13.2 Å². The van der Waals surface area contributed by atoms with Crippen LogP contribution in [-0.4, -0.2) is 38.4 Å². The summed E-state index contributed by atoms with van der Waals surface area (Å²) < 4.78 is 39.9. The van der Waals surface area contributed by atoms with Crippen LogP contribution in [0.4, 0.5) is 13.2 Å². The number of nitriles is 1. The van der Waals surface area contributed by atoms with Gasteiger partial charge in [-0.15, -0.1) is 0 Å². The largest absolute Gasteiger partial charge is 0.434 e. The topological polar surface area (TPSA) is 77.7 Å². The van der Waals surface area contributed by atoms with E-state index in [2.05, 4.69) is 9.97 Å². The van der Waals surface area contributed by atoms with Crippen molar-refractivity contribution in [2.24, 2.45) is 7.05 Å². The van der Waals surface area contributed by atoms with E-state index in [9.17, 15) is 18.0 Å². The van der Waals surface area contributed by atoms with Gasteiger partial charge in [0.15, 0.2) is 5.69 Å². The van der Waals surface area contributed by atoms with Crippen LogP contribution in [0, 0.1) is 11.3 Å². The van der Waals surface area contributed by atoms with Crippen LogP contribution < -0.4 is 0 Å². The van der Waals surface area contributed by atoms with E-state index in [4.69, 9.17) is 5.26 Å². The smallest absolute Gasteiger partial charge is 0.356 e. The van der Waals surface area contributed by atoms with Crippen molar-refractivity contribution in [1.29, 1.82) is 5.26 Å².